The van der Waals surface area contributed by atoms with Gasteiger partial charge < -0.3 is 5.32 Å². The second-order valence-corrected chi connectivity index (χ2v) is 9.54. The molecule has 1 amide bonds. The Morgan fingerprint density at radius 1 is 1.36 bits per heavy atom. The molecule has 2 rings (SSSR count). The smallest absolute Gasteiger partial charge is 0.252 e. The predicted octanol–water partition coefficient (Wildman–Crippen LogP) is 1.71. The van der Waals surface area contributed by atoms with Crippen molar-refractivity contribution in [2.75, 3.05) is 36.9 Å². The van der Waals surface area contributed by atoms with Crippen molar-refractivity contribution in [3.05, 3.63) is 32.9 Å². The van der Waals surface area contributed by atoms with E-state index in [9.17, 15) is 13.2 Å². The summed E-state index contributed by atoms with van der Waals surface area (Å²) >= 11 is 3.87. The van der Waals surface area contributed by atoms with Gasteiger partial charge in [0.1, 0.15) is 0 Å². The first-order valence-electron chi connectivity index (χ1n) is 7.00. The molecule has 122 valence electrons. The van der Waals surface area contributed by atoms with E-state index in [0.29, 0.717) is 18.7 Å². The molecule has 0 radical (unpaired) electrons. The lowest BCUT2D eigenvalue weighted by molar-refractivity contribution is 0.0955. The number of nitrogens with zero attached hydrogens (tertiary/aromatic N) is 1. The van der Waals surface area contributed by atoms with Gasteiger partial charge in [0.25, 0.3) is 5.91 Å². The standard InChI is InChI=1S/C14H19IN2O3S2/c1-11-2-3-13(15)12(10-11)14(18)16-4-9-22(19,20)17-5-7-21-8-6-17/h2-3,10H,4-9H2,1H3,(H,16,18). The van der Waals surface area contributed by atoms with Crippen molar-refractivity contribution in [3.8, 4) is 0 Å². The molecule has 0 aliphatic carbocycles. The molecular weight excluding hydrogens is 435 g/mol. The van der Waals surface area contributed by atoms with Gasteiger partial charge in [-0.05, 0) is 41.6 Å². The van der Waals surface area contributed by atoms with Gasteiger partial charge in [-0.3, -0.25) is 4.79 Å². The maximum absolute atomic E-state index is 12.2. The van der Waals surface area contributed by atoms with Crippen LogP contribution in [0, 0.1) is 10.5 Å². The number of hydrogen-bond donors (Lipinski definition) is 1. The SMILES string of the molecule is Cc1ccc(I)c(C(=O)NCCS(=O)(=O)N2CCSCC2)c1. The van der Waals surface area contributed by atoms with Crippen LogP contribution in [0.15, 0.2) is 18.2 Å². The average Bonchev–Trinajstić information content (AvgIpc) is 2.50. The number of carbonyl (C=O) groups is 1. The lowest BCUT2D eigenvalue weighted by Crippen LogP contribution is -2.41. The lowest BCUT2D eigenvalue weighted by Gasteiger charge is -2.25. The zero-order valence-corrected chi connectivity index (χ0v) is 16.1. The third kappa shape index (κ3) is 4.84. The van der Waals surface area contributed by atoms with Gasteiger partial charge in [-0.1, -0.05) is 11.6 Å². The number of carbonyl (C=O) groups excluding carboxylic acids is 1. The van der Waals surface area contributed by atoms with Crippen LogP contribution in [0.3, 0.4) is 0 Å². The van der Waals surface area contributed by atoms with Gasteiger partial charge in [0.2, 0.25) is 10.0 Å². The number of rotatable bonds is 5. The predicted molar refractivity (Wildman–Crippen MR) is 98.9 cm³/mol. The van der Waals surface area contributed by atoms with E-state index in [2.05, 4.69) is 27.9 Å². The number of hydrogen-bond acceptors (Lipinski definition) is 4. The zero-order chi connectivity index (χ0) is 16.2. The molecule has 0 atom stereocenters. The molecule has 1 aliphatic rings. The number of amides is 1. The minimum Gasteiger partial charge on any atom is -0.351 e. The Labute approximate surface area is 149 Å². The highest BCUT2D eigenvalue weighted by atomic mass is 127. The van der Waals surface area contributed by atoms with Gasteiger partial charge in [0.15, 0.2) is 0 Å². The van der Waals surface area contributed by atoms with Gasteiger partial charge in [-0.25, -0.2) is 12.7 Å². The van der Waals surface area contributed by atoms with Crippen molar-refractivity contribution >= 4 is 50.3 Å². The maximum Gasteiger partial charge on any atom is 0.252 e. The molecule has 1 aromatic carbocycles. The normalized spacial score (nSPS) is 16.5. The Hall–Kier alpha value is -0.320. The van der Waals surface area contributed by atoms with E-state index in [-0.39, 0.29) is 18.2 Å². The van der Waals surface area contributed by atoms with E-state index >= 15 is 0 Å². The molecule has 8 heteroatoms. The van der Waals surface area contributed by atoms with E-state index in [1.165, 1.54) is 4.31 Å². The molecule has 5 nitrogen and oxygen atoms in total. The lowest BCUT2D eigenvalue weighted by atomic mass is 10.1. The first kappa shape index (κ1) is 18.0. The van der Waals surface area contributed by atoms with E-state index in [0.717, 1.165) is 20.6 Å². The van der Waals surface area contributed by atoms with Crippen molar-refractivity contribution in [1.82, 2.24) is 9.62 Å². The van der Waals surface area contributed by atoms with Crippen LogP contribution in [0.2, 0.25) is 0 Å². The Balaban J connectivity index is 1.90. The first-order chi connectivity index (χ1) is 10.4. The third-order valence-electron chi connectivity index (χ3n) is 3.38. The number of aryl methyl sites for hydroxylation is 1. The summed E-state index contributed by atoms with van der Waals surface area (Å²) in [5.74, 6) is 1.41. The third-order valence-corrected chi connectivity index (χ3v) is 7.13. The van der Waals surface area contributed by atoms with E-state index in [1.54, 1.807) is 11.8 Å². The van der Waals surface area contributed by atoms with Crippen LogP contribution in [0.25, 0.3) is 0 Å². The van der Waals surface area contributed by atoms with Crippen molar-refractivity contribution in [2.45, 2.75) is 6.92 Å². The van der Waals surface area contributed by atoms with Crippen LogP contribution >= 0.6 is 34.4 Å². The first-order valence-corrected chi connectivity index (χ1v) is 10.8. The van der Waals surface area contributed by atoms with Gasteiger partial charge in [-0.2, -0.15) is 11.8 Å². The van der Waals surface area contributed by atoms with Crippen molar-refractivity contribution in [1.29, 1.82) is 0 Å². The molecule has 0 bridgehead atoms. The van der Waals surface area contributed by atoms with Crippen LogP contribution in [-0.4, -0.2) is 55.5 Å². The van der Waals surface area contributed by atoms with Gasteiger partial charge >= 0.3 is 0 Å². The summed E-state index contributed by atoms with van der Waals surface area (Å²) in [7, 11) is -3.28. The van der Waals surface area contributed by atoms with Crippen molar-refractivity contribution in [3.63, 3.8) is 0 Å². The fourth-order valence-electron chi connectivity index (χ4n) is 2.16. The topological polar surface area (TPSA) is 66.5 Å². The molecule has 1 aromatic rings. The van der Waals surface area contributed by atoms with Crippen LogP contribution in [0.1, 0.15) is 15.9 Å². The van der Waals surface area contributed by atoms with Crippen molar-refractivity contribution < 1.29 is 13.2 Å². The molecule has 0 saturated carbocycles. The largest absolute Gasteiger partial charge is 0.351 e. The Bertz CT molecular complexity index is 643. The summed E-state index contributed by atoms with van der Waals surface area (Å²) in [6.45, 7) is 3.19. The zero-order valence-electron chi connectivity index (χ0n) is 12.3. The van der Waals surface area contributed by atoms with Crippen LogP contribution in [-0.2, 0) is 10.0 Å². The Morgan fingerprint density at radius 3 is 2.73 bits per heavy atom. The summed E-state index contributed by atoms with van der Waals surface area (Å²) in [5.41, 5.74) is 1.59. The average molecular weight is 454 g/mol. The second kappa shape index (κ2) is 7.98. The minimum atomic E-state index is -3.28. The Morgan fingerprint density at radius 2 is 2.05 bits per heavy atom. The second-order valence-electron chi connectivity index (χ2n) is 5.07. The maximum atomic E-state index is 12.2. The molecule has 1 saturated heterocycles. The Kier molecular flexibility index (Phi) is 6.54. The number of halogens is 1. The summed E-state index contributed by atoms with van der Waals surface area (Å²) in [6, 6.07) is 5.64. The number of nitrogens with one attached hydrogen (secondary N) is 1. The highest BCUT2D eigenvalue weighted by Gasteiger charge is 2.24. The van der Waals surface area contributed by atoms with Crippen molar-refractivity contribution in [2.24, 2.45) is 0 Å². The van der Waals surface area contributed by atoms with E-state index in [4.69, 9.17) is 0 Å². The quantitative estimate of drug-likeness (QED) is 0.689. The number of sulfonamides is 1. The van der Waals surface area contributed by atoms with E-state index < -0.39 is 10.0 Å². The van der Waals surface area contributed by atoms with Crippen LogP contribution in [0.5, 0.6) is 0 Å². The number of thioether (sulfide) groups is 1. The molecule has 1 fully saturated rings. The fraction of sp³-hybridized carbons (Fsp3) is 0.500. The molecule has 0 spiro atoms. The van der Waals surface area contributed by atoms with E-state index in [1.807, 2.05) is 25.1 Å². The van der Waals surface area contributed by atoms with Gasteiger partial charge in [0.05, 0.1) is 11.3 Å². The van der Waals surface area contributed by atoms with Crippen LogP contribution in [0.4, 0.5) is 0 Å². The van der Waals surface area contributed by atoms with Gasteiger partial charge in [0, 0.05) is 34.7 Å². The molecule has 1 aliphatic heterocycles. The molecule has 22 heavy (non-hydrogen) atoms. The highest BCUT2D eigenvalue weighted by Crippen LogP contribution is 2.15. The monoisotopic (exact) mass is 454 g/mol. The molecule has 0 aromatic heterocycles. The summed E-state index contributed by atoms with van der Waals surface area (Å²) in [4.78, 5) is 12.2. The summed E-state index contributed by atoms with van der Waals surface area (Å²) in [6.07, 6.45) is 0. The molecule has 1 N–H and O–H groups in total. The minimum absolute atomic E-state index is 0.0498. The highest BCUT2D eigenvalue weighted by molar-refractivity contribution is 14.1. The van der Waals surface area contributed by atoms with Crippen LogP contribution < -0.4 is 5.32 Å². The fourth-order valence-corrected chi connectivity index (χ4v) is 5.23. The molecule has 0 unspecified atom stereocenters. The molecular formula is C14H19IN2O3S2. The van der Waals surface area contributed by atoms with Gasteiger partial charge in [-0.15, -0.1) is 0 Å². The summed E-state index contributed by atoms with van der Waals surface area (Å²) < 4.78 is 26.8. The number of benzene rings is 1. The molecule has 1 heterocycles. The summed E-state index contributed by atoms with van der Waals surface area (Å²) in [5, 5.41) is 2.71.